The Morgan fingerprint density at radius 3 is 3.21 bits per heavy atom. The van der Waals surface area contributed by atoms with E-state index in [-0.39, 0.29) is 5.60 Å². The number of aromatic nitrogens is 1. The normalized spacial score (nSPS) is 33.1. The Balaban J connectivity index is 2.15. The van der Waals surface area contributed by atoms with Crippen LogP contribution in [0.25, 0.3) is 0 Å². The van der Waals surface area contributed by atoms with Gasteiger partial charge in [-0.2, -0.15) is 0 Å². The number of thiazole rings is 1. The van der Waals surface area contributed by atoms with Gasteiger partial charge in [-0.15, -0.1) is 11.3 Å². The predicted molar refractivity (Wildman–Crippen MR) is 57.5 cm³/mol. The van der Waals surface area contributed by atoms with Crippen molar-refractivity contribution in [3.63, 3.8) is 0 Å². The molecule has 1 N–H and O–H groups in total. The Morgan fingerprint density at radius 2 is 2.57 bits per heavy atom. The fourth-order valence-corrected chi connectivity index (χ4v) is 2.70. The average molecular weight is 212 g/mol. The maximum Gasteiger partial charge on any atom is 0.124 e. The minimum atomic E-state index is -0.180. The minimum Gasteiger partial charge on any atom is -0.368 e. The Hall–Kier alpha value is -0.450. The fourth-order valence-electron chi connectivity index (χ4n) is 1.94. The van der Waals surface area contributed by atoms with Gasteiger partial charge < -0.3 is 10.1 Å². The summed E-state index contributed by atoms with van der Waals surface area (Å²) < 4.78 is 5.85. The summed E-state index contributed by atoms with van der Waals surface area (Å²) >= 11 is 1.68. The molecule has 2 rings (SSSR count). The average Bonchev–Trinajstić information content (AvgIpc) is 2.71. The van der Waals surface area contributed by atoms with E-state index in [4.69, 9.17) is 4.74 Å². The number of ether oxygens (including phenoxy) is 1. The third-order valence-corrected chi connectivity index (χ3v) is 3.83. The topological polar surface area (TPSA) is 34.1 Å². The first-order valence-corrected chi connectivity index (χ1v) is 5.84. The van der Waals surface area contributed by atoms with Crippen molar-refractivity contribution in [3.8, 4) is 0 Å². The van der Waals surface area contributed by atoms with Crippen LogP contribution in [0.4, 0.5) is 0 Å². The van der Waals surface area contributed by atoms with Crippen LogP contribution in [-0.4, -0.2) is 24.7 Å². The van der Waals surface area contributed by atoms with Crippen molar-refractivity contribution in [3.05, 3.63) is 16.6 Å². The minimum absolute atomic E-state index is 0.180. The first-order valence-electron chi connectivity index (χ1n) is 4.96. The number of hydrogen-bond acceptors (Lipinski definition) is 4. The molecule has 1 fully saturated rings. The lowest BCUT2D eigenvalue weighted by atomic mass is 9.93. The van der Waals surface area contributed by atoms with Gasteiger partial charge in [0.15, 0.2) is 0 Å². The third kappa shape index (κ3) is 1.82. The molecule has 2 atom stereocenters. The van der Waals surface area contributed by atoms with E-state index in [9.17, 15) is 0 Å². The summed E-state index contributed by atoms with van der Waals surface area (Å²) in [7, 11) is 2.01. The second-order valence-corrected chi connectivity index (χ2v) is 4.79. The van der Waals surface area contributed by atoms with Gasteiger partial charge >= 0.3 is 0 Å². The van der Waals surface area contributed by atoms with Crippen LogP contribution in [0.3, 0.4) is 0 Å². The molecule has 1 aromatic rings. The van der Waals surface area contributed by atoms with Crippen molar-refractivity contribution in [2.45, 2.75) is 31.4 Å². The van der Waals surface area contributed by atoms with Gasteiger partial charge in [-0.3, -0.25) is 0 Å². The van der Waals surface area contributed by atoms with E-state index in [1.165, 1.54) is 0 Å². The molecule has 0 saturated carbocycles. The summed E-state index contributed by atoms with van der Waals surface area (Å²) in [5.74, 6) is 0. The molecule has 1 saturated heterocycles. The molecule has 0 radical (unpaired) electrons. The van der Waals surface area contributed by atoms with E-state index in [2.05, 4.69) is 17.2 Å². The largest absolute Gasteiger partial charge is 0.368 e. The van der Waals surface area contributed by atoms with Crippen LogP contribution in [0.2, 0.25) is 0 Å². The van der Waals surface area contributed by atoms with Crippen LogP contribution in [0.5, 0.6) is 0 Å². The lowest BCUT2D eigenvalue weighted by Crippen LogP contribution is -2.42. The van der Waals surface area contributed by atoms with Crippen LogP contribution in [-0.2, 0) is 10.3 Å². The predicted octanol–water partition coefficient (Wildman–Crippen LogP) is 1.76. The van der Waals surface area contributed by atoms with Gasteiger partial charge in [-0.25, -0.2) is 4.98 Å². The lowest BCUT2D eigenvalue weighted by molar-refractivity contribution is -0.0804. The smallest absolute Gasteiger partial charge is 0.124 e. The van der Waals surface area contributed by atoms with Crippen LogP contribution in [0, 0.1) is 0 Å². The first-order chi connectivity index (χ1) is 6.74. The molecule has 2 heterocycles. The van der Waals surface area contributed by atoms with Gasteiger partial charge in [0, 0.05) is 24.2 Å². The van der Waals surface area contributed by atoms with Gasteiger partial charge in [0.05, 0.1) is 0 Å². The standard InChI is InChI=1S/C10H16N2OS/c1-10(9-12-4-6-14-9)7-8(11-2)3-5-13-10/h4,6,8,11H,3,5,7H2,1-2H3. The molecular formula is C10H16N2OS. The summed E-state index contributed by atoms with van der Waals surface area (Å²) in [5, 5.41) is 6.42. The zero-order valence-electron chi connectivity index (χ0n) is 8.62. The van der Waals surface area contributed by atoms with Crippen molar-refractivity contribution < 1.29 is 4.74 Å². The molecule has 0 amide bonds. The SMILES string of the molecule is CNC1CCOC(C)(c2nccs2)C1. The highest BCUT2D eigenvalue weighted by Gasteiger charge is 2.36. The van der Waals surface area contributed by atoms with E-state index in [0.717, 1.165) is 24.5 Å². The molecule has 78 valence electrons. The van der Waals surface area contributed by atoms with E-state index in [1.54, 1.807) is 11.3 Å². The molecule has 1 aromatic heterocycles. The number of rotatable bonds is 2. The third-order valence-electron chi connectivity index (χ3n) is 2.82. The first kappa shape index (κ1) is 10.1. The Labute approximate surface area is 88.5 Å². The molecule has 3 nitrogen and oxygen atoms in total. The quantitative estimate of drug-likeness (QED) is 0.811. The van der Waals surface area contributed by atoms with E-state index in [1.807, 2.05) is 18.6 Å². The van der Waals surface area contributed by atoms with Crippen LogP contribution >= 0.6 is 11.3 Å². The van der Waals surface area contributed by atoms with Gasteiger partial charge in [0.2, 0.25) is 0 Å². The summed E-state index contributed by atoms with van der Waals surface area (Å²) in [4.78, 5) is 4.35. The van der Waals surface area contributed by atoms with E-state index < -0.39 is 0 Å². The lowest BCUT2D eigenvalue weighted by Gasteiger charge is -2.36. The van der Waals surface area contributed by atoms with Gasteiger partial charge in [0.25, 0.3) is 0 Å². The highest BCUT2D eigenvalue weighted by molar-refractivity contribution is 7.09. The molecule has 0 aromatic carbocycles. The van der Waals surface area contributed by atoms with Crippen molar-refractivity contribution in [2.24, 2.45) is 0 Å². The molecule has 1 aliphatic heterocycles. The summed E-state index contributed by atoms with van der Waals surface area (Å²) in [6, 6.07) is 0.553. The zero-order valence-corrected chi connectivity index (χ0v) is 9.43. The Morgan fingerprint density at radius 1 is 1.71 bits per heavy atom. The highest BCUT2D eigenvalue weighted by atomic mass is 32.1. The molecule has 14 heavy (non-hydrogen) atoms. The molecule has 0 aliphatic carbocycles. The Kier molecular flexibility index (Phi) is 2.85. The summed E-state index contributed by atoms with van der Waals surface area (Å²) in [6.07, 6.45) is 3.95. The number of nitrogens with one attached hydrogen (secondary N) is 1. The van der Waals surface area contributed by atoms with Crippen molar-refractivity contribution >= 4 is 11.3 Å². The fraction of sp³-hybridized carbons (Fsp3) is 0.700. The van der Waals surface area contributed by atoms with Crippen molar-refractivity contribution in [1.82, 2.24) is 10.3 Å². The van der Waals surface area contributed by atoms with Crippen LogP contribution < -0.4 is 5.32 Å². The second kappa shape index (κ2) is 3.96. The summed E-state index contributed by atoms with van der Waals surface area (Å²) in [5.41, 5.74) is -0.180. The maximum atomic E-state index is 5.85. The zero-order chi connectivity index (χ0) is 10.0. The monoisotopic (exact) mass is 212 g/mol. The van der Waals surface area contributed by atoms with E-state index in [0.29, 0.717) is 6.04 Å². The van der Waals surface area contributed by atoms with E-state index >= 15 is 0 Å². The maximum absolute atomic E-state index is 5.85. The van der Waals surface area contributed by atoms with Gasteiger partial charge in [-0.1, -0.05) is 0 Å². The second-order valence-electron chi connectivity index (χ2n) is 3.89. The Bertz CT molecular complexity index is 288. The van der Waals surface area contributed by atoms with Crippen molar-refractivity contribution in [1.29, 1.82) is 0 Å². The van der Waals surface area contributed by atoms with Gasteiger partial charge in [-0.05, 0) is 26.8 Å². The van der Waals surface area contributed by atoms with Gasteiger partial charge in [0.1, 0.15) is 10.6 Å². The molecule has 2 unspecified atom stereocenters. The van der Waals surface area contributed by atoms with Crippen molar-refractivity contribution in [2.75, 3.05) is 13.7 Å². The molecule has 0 bridgehead atoms. The summed E-state index contributed by atoms with van der Waals surface area (Å²) in [6.45, 7) is 2.96. The molecule has 4 heteroatoms. The highest BCUT2D eigenvalue weighted by Crippen LogP contribution is 2.35. The van der Waals surface area contributed by atoms with Crippen LogP contribution in [0.1, 0.15) is 24.8 Å². The number of hydrogen-bond donors (Lipinski definition) is 1. The molecule has 1 aliphatic rings. The van der Waals surface area contributed by atoms with Crippen LogP contribution in [0.15, 0.2) is 11.6 Å². The molecular weight excluding hydrogens is 196 g/mol. The number of nitrogens with zero attached hydrogens (tertiary/aromatic N) is 1. The molecule has 0 spiro atoms.